The van der Waals surface area contributed by atoms with E-state index in [4.69, 9.17) is 14.5 Å². The van der Waals surface area contributed by atoms with E-state index in [9.17, 15) is 4.79 Å². The molecule has 0 saturated heterocycles. The summed E-state index contributed by atoms with van der Waals surface area (Å²) in [7, 11) is 3.19. The predicted molar refractivity (Wildman–Crippen MR) is 84.6 cm³/mol. The van der Waals surface area contributed by atoms with E-state index < -0.39 is 5.66 Å². The number of nitrogens with one attached hydrogen (secondary N) is 1. The summed E-state index contributed by atoms with van der Waals surface area (Å²) in [5.74, 6) is 1.91. The first kappa shape index (κ1) is 14.9. The first-order valence-electron chi connectivity index (χ1n) is 7.71. The third-order valence-electron chi connectivity index (χ3n) is 4.61. The monoisotopic (exact) mass is 302 g/mol. The molecule has 0 radical (unpaired) electrons. The summed E-state index contributed by atoms with van der Waals surface area (Å²) in [6, 6.07) is 5.44. The Morgan fingerprint density at radius 1 is 1.14 bits per heavy atom. The van der Waals surface area contributed by atoms with Crippen molar-refractivity contribution in [2.75, 3.05) is 14.2 Å². The van der Waals surface area contributed by atoms with Crippen molar-refractivity contribution >= 4 is 11.6 Å². The van der Waals surface area contributed by atoms with E-state index in [-0.39, 0.29) is 5.91 Å². The van der Waals surface area contributed by atoms with Crippen LogP contribution in [0, 0.1) is 5.92 Å². The number of rotatable bonds is 3. The van der Waals surface area contributed by atoms with Gasteiger partial charge < -0.3 is 14.8 Å². The molecule has 0 unspecified atom stereocenters. The highest BCUT2D eigenvalue weighted by molar-refractivity contribution is 6.47. The standard InChI is InChI=1S/C17H22N2O3/c1-11-4-6-17(7-5-11)18-15(16(20)19-17)12-8-13(21-2)10-14(9-12)22-3/h8-11H,4-7H2,1-3H3,(H,19,20). The number of amides is 1. The Hall–Kier alpha value is -2.04. The summed E-state index contributed by atoms with van der Waals surface area (Å²) in [6.07, 6.45) is 4.01. The highest BCUT2D eigenvalue weighted by atomic mass is 16.5. The summed E-state index contributed by atoms with van der Waals surface area (Å²) >= 11 is 0. The fourth-order valence-electron chi connectivity index (χ4n) is 3.18. The molecule has 1 spiro atoms. The zero-order valence-corrected chi connectivity index (χ0v) is 13.3. The second kappa shape index (κ2) is 5.63. The van der Waals surface area contributed by atoms with Crippen molar-refractivity contribution in [3.63, 3.8) is 0 Å². The van der Waals surface area contributed by atoms with E-state index in [2.05, 4.69) is 12.2 Å². The molecular formula is C17H22N2O3. The van der Waals surface area contributed by atoms with Crippen molar-refractivity contribution in [3.8, 4) is 11.5 Å². The largest absolute Gasteiger partial charge is 0.497 e. The SMILES string of the molecule is COc1cc(OC)cc(C2=NC3(CCC(C)CC3)NC2=O)c1. The average molecular weight is 302 g/mol. The lowest BCUT2D eigenvalue weighted by Crippen LogP contribution is -2.44. The Morgan fingerprint density at radius 3 is 2.27 bits per heavy atom. The number of nitrogens with zero attached hydrogens (tertiary/aromatic N) is 1. The number of benzene rings is 1. The maximum absolute atomic E-state index is 12.4. The molecule has 5 nitrogen and oxygen atoms in total. The van der Waals surface area contributed by atoms with Crippen LogP contribution in [-0.4, -0.2) is 31.5 Å². The van der Waals surface area contributed by atoms with Gasteiger partial charge >= 0.3 is 0 Å². The maximum atomic E-state index is 12.4. The van der Waals surface area contributed by atoms with Gasteiger partial charge in [-0.05, 0) is 43.7 Å². The summed E-state index contributed by atoms with van der Waals surface area (Å²) in [6.45, 7) is 2.25. The van der Waals surface area contributed by atoms with Crippen LogP contribution in [-0.2, 0) is 4.79 Å². The molecule has 1 aromatic rings. The molecular weight excluding hydrogens is 280 g/mol. The van der Waals surface area contributed by atoms with Crippen molar-refractivity contribution in [3.05, 3.63) is 23.8 Å². The van der Waals surface area contributed by atoms with E-state index in [1.54, 1.807) is 20.3 Å². The minimum absolute atomic E-state index is 0.107. The van der Waals surface area contributed by atoms with Gasteiger partial charge in [0.25, 0.3) is 5.91 Å². The lowest BCUT2D eigenvalue weighted by molar-refractivity contribution is -0.115. The van der Waals surface area contributed by atoms with E-state index in [1.807, 2.05) is 12.1 Å². The molecule has 118 valence electrons. The molecule has 0 atom stereocenters. The van der Waals surface area contributed by atoms with Crippen LogP contribution in [0.25, 0.3) is 0 Å². The Kier molecular flexibility index (Phi) is 3.81. The zero-order valence-electron chi connectivity index (χ0n) is 13.3. The van der Waals surface area contributed by atoms with E-state index in [1.165, 1.54) is 0 Å². The van der Waals surface area contributed by atoms with Crippen molar-refractivity contribution in [2.24, 2.45) is 10.9 Å². The van der Waals surface area contributed by atoms with Gasteiger partial charge in [0.1, 0.15) is 22.9 Å². The van der Waals surface area contributed by atoms with Crippen molar-refractivity contribution in [2.45, 2.75) is 38.3 Å². The summed E-state index contributed by atoms with van der Waals surface area (Å²) < 4.78 is 10.6. The molecule has 1 saturated carbocycles. The van der Waals surface area contributed by atoms with E-state index in [0.29, 0.717) is 23.1 Å². The van der Waals surface area contributed by atoms with Crippen LogP contribution in [0.3, 0.4) is 0 Å². The van der Waals surface area contributed by atoms with Crippen LogP contribution in [0.5, 0.6) is 11.5 Å². The summed E-state index contributed by atoms with van der Waals surface area (Å²) in [4.78, 5) is 17.2. The van der Waals surface area contributed by atoms with Crippen LogP contribution in [0.4, 0.5) is 0 Å². The number of ether oxygens (including phenoxy) is 2. The number of aliphatic imine (C=N–C) groups is 1. The lowest BCUT2D eigenvalue weighted by Gasteiger charge is -2.33. The van der Waals surface area contributed by atoms with Crippen molar-refractivity contribution < 1.29 is 14.3 Å². The summed E-state index contributed by atoms with van der Waals surface area (Å²) in [5, 5.41) is 3.09. The number of carbonyl (C=O) groups excluding carboxylic acids is 1. The van der Waals surface area contributed by atoms with Crippen molar-refractivity contribution in [1.82, 2.24) is 5.32 Å². The van der Waals surface area contributed by atoms with Crippen LogP contribution in [0.15, 0.2) is 23.2 Å². The van der Waals surface area contributed by atoms with E-state index in [0.717, 1.165) is 31.2 Å². The molecule has 2 aliphatic rings. The van der Waals surface area contributed by atoms with Gasteiger partial charge in [0, 0.05) is 11.6 Å². The Bertz CT molecular complexity index is 594. The highest BCUT2D eigenvalue weighted by Crippen LogP contribution is 2.36. The third-order valence-corrected chi connectivity index (χ3v) is 4.61. The fraction of sp³-hybridized carbons (Fsp3) is 0.529. The molecule has 3 rings (SSSR count). The first-order chi connectivity index (χ1) is 10.5. The lowest BCUT2D eigenvalue weighted by atomic mass is 9.83. The molecule has 1 aromatic carbocycles. The second-order valence-electron chi connectivity index (χ2n) is 6.23. The van der Waals surface area contributed by atoms with Crippen molar-refractivity contribution in [1.29, 1.82) is 0 Å². The van der Waals surface area contributed by atoms with Gasteiger partial charge in [0.2, 0.25) is 0 Å². The number of methoxy groups -OCH3 is 2. The maximum Gasteiger partial charge on any atom is 0.272 e. The second-order valence-corrected chi connectivity index (χ2v) is 6.23. The molecule has 22 heavy (non-hydrogen) atoms. The molecule has 1 N–H and O–H groups in total. The minimum Gasteiger partial charge on any atom is -0.497 e. The quantitative estimate of drug-likeness (QED) is 0.933. The normalized spacial score (nSPS) is 27.5. The Balaban J connectivity index is 1.95. The number of carbonyl (C=O) groups is 1. The first-order valence-corrected chi connectivity index (χ1v) is 7.71. The molecule has 1 aliphatic carbocycles. The van der Waals surface area contributed by atoms with Crippen LogP contribution in [0.1, 0.15) is 38.2 Å². The van der Waals surface area contributed by atoms with Crippen LogP contribution < -0.4 is 14.8 Å². The Morgan fingerprint density at radius 2 is 1.73 bits per heavy atom. The topological polar surface area (TPSA) is 59.9 Å². The smallest absolute Gasteiger partial charge is 0.272 e. The number of hydrogen-bond acceptors (Lipinski definition) is 4. The zero-order chi connectivity index (χ0) is 15.7. The van der Waals surface area contributed by atoms with Gasteiger partial charge in [-0.15, -0.1) is 0 Å². The molecule has 1 fully saturated rings. The fourth-order valence-corrected chi connectivity index (χ4v) is 3.18. The molecule has 1 aliphatic heterocycles. The third kappa shape index (κ3) is 2.67. The van der Waals surface area contributed by atoms with Gasteiger partial charge in [-0.1, -0.05) is 6.92 Å². The Labute approximate surface area is 130 Å². The van der Waals surface area contributed by atoms with E-state index >= 15 is 0 Å². The molecule has 0 bridgehead atoms. The van der Waals surface area contributed by atoms with Crippen LogP contribution in [0.2, 0.25) is 0 Å². The molecule has 5 heteroatoms. The molecule has 1 heterocycles. The minimum atomic E-state index is -0.408. The molecule has 1 amide bonds. The number of hydrogen-bond donors (Lipinski definition) is 1. The van der Waals surface area contributed by atoms with Gasteiger partial charge in [0.15, 0.2) is 0 Å². The average Bonchev–Trinajstić information content (AvgIpc) is 2.86. The van der Waals surface area contributed by atoms with Gasteiger partial charge in [0.05, 0.1) is 14.2 Å². The predicted octanol–water partition coefficient (Wildman–Crippen LogP) is 2.53. The van der Waals surface area contributed by atoms with Gasteiger partial charge in [-0.25, -0.2) is 0 Å². The highest BCUT2D eigenvalue weighted by Gasteiger charge is 2.41. The van der Waals surface area contributed by atoms with Gasteiger partial charge in [-0.3, -0.25) is 9.79 Å². The van der Waals surface area contributed by atoms with Crippen LogP contribution >= 0.6 is 0 Å². The molecule has 0 aromatic heterocycles. The summed E-state index contributed by atoms with van der Waals surface area (Å²) in [5.41, 5.74) is 0.811. The van der Waals surface area contributed by atoms with Gasteiger partial charge in [-0.2, -0.15) is 0 Å².